The molecule has 19 heavy (non-hydrogen) atoms. The maximum atomic E-state index is 11.7. The molecule has 0 heterocycles. The molecule has 0 bridgehead atoms. The number of nitrogens with one attached hydrogen (secondary N) is 1. The fourth-order valence-electron chi connectivity index (χ4n) is 1.90. The van der Waals surface area contributed by atoms with Crippen LogP contribution < -0.4 is 5.32 Å². The summed E-state index contributed by atoms with van der Waals surface area (Å²) in [7, 11) is 1.39. The van der Waals surface area contributed by atoms with Gasteiger partial charge in [-0.3, -0.25) is 10.1 Å². The van der Waals surface area contributed by atoms with Crippen LogP contribution in [0, 0.1) is 17.2 Å². The predicted octanol–water partition coefficient (Wildman–Crippen LogP) is 2.41. The van der Waals surface area contributed by atoms with Crippen LogP contribution in [0.4, 0.5) is 0 Å². The molecule has 102 valence electrons. The van der Waals surface area contributed by atoms with Crippen molar-refractivity contribution in [3.8, 4) is 6.07 Å². The van der Waals surface area contributed by atoms with Crippen LogP contribution in [0.1, 0.15) is 37.9 Å². The number of esters is 1. The second kappa shape index (κ2) is 6.91. The fraction of sp³-hybridized carbons (Fsp3) is 0.467. The Morgan fingerprint density at radius 1 is 1.37 bits per heavy atom. The number of carbonyl (C=O) groups excluding carboxylic acids is 1. The first-order chi connectivity index (χ1) is 8.99. The molecule has 0 fully saturated rings. The topological polar surface area (TPSA) is 62.1 Å². The van der Waals surface area contributed by atoms with Gasteiger partial charge in [0.1, 0.15) is 6.04 Å². The zero-order valence-electron chi connectivity index (χ0n) is 11.8. The van der Waals surface area contributed by atoms with Gasteiger partial charge in [-0.1, -0.05) is 26.0 Å². The Labute approximate surface area is 114 Å². The molecule has 0 amide bonds. The molecule has 0 radical (unpaired) electrons. The van der Waals surface area contributed by atoms with Gasteiger partial charge < -0.3 is 4.74 Å². The van der Waals surface area contributed by atoms with Gasteiger partial charge in [0.15, 0.2) is 0 Å². The molecule has 0 spiro atoms. The van der Waals surface area contributed by atoms with Crippen molar-refractivity contribution in [2.75, 3.05) is 7.11 Å². The highest BCUT2D eigenvalue weighted by atomic mass is 16.5. The van der Waals surface area contributed by atoms with Crippen molar-refractivity contribution in [2.45, 2.75) is 32.9 Å². The summed E-state index contributed by atoms with van der Waals surface area (Å²) in [6, 6.07) is 9.09. The van der Waals surface area contributed by atoms with Gasteiger partial charge in [0.25, 0.3) is 0 Å². The summed E-state index contributed by atoms with van der Waals surface area (Å²) in [5, 5.41) is 12.1. The van der Waals surface area contributed by atoms with E-state index in [9.17, 15) is 4.79 Å². The van der Waals surface area contributed by atoms with E-state index in [-0.39, 0.29) is 24.0 Å². The summed E-state index contributed by atoms with van der Waals surface area (Å²) in [5.41, 5.74) is 1.60. The van der Waals surface area contributed by atoms with E-state index in [1.165, 1.54) is 7.11 Å². The molecule has 1 N–H and O–H groups in total. The standard InChI is InChI=1S/C15H20N2O2/c1-10(2)14(15(18)19-4)17-11(3)13-7-5-6-12(8-13)9-16/h5-8,10-11,14,17H,1-4H3. The van der Waals surface area contributed by atoms with Crippen molar-refractivity contribution in [3.63, 3.8) is 0 Å². The third-order valence-electron chi connectivity index (χ3n) is 3.07. The van der Waals surface area contributed by atoms with E-state index in [4.69, 9.17) is 10.00 Å². The third-order valence-corrected chi connectivity index (χ3v) is 3.07. The van der Waals surface area contributed by atoms with E-state index in [2.05, 4.69) is 11.4 Å². The summed E-state index contributed by atoms with van der Waals surface area (Å²) in [6.45, 7) is 5.90. The summed E-state index contributed by atoms with van der Waals surface area (Å²) in [4.78, 5) is 11.7. The first-order valence-electron chi connectivity index (χ1n) is 6.33. The maximum Gasteiger partial charge on any atom is 0.323 e. The van der Waals surface area contributed by atoms with Crippen molar-refractivity contribution in [1.82, 2.24) is 5.32 Å². The molecule has 0 aliphatic heterocycles. The van der Waals surface area contributed by atoms with E-state index in [1.807, 2.05) is 39.0 Å². The minimum absolute atomic E-state index is 0.0280. The van der Waals surface area contributed by atoms with Crippen LogP contribution in [-0.2, 0) is 9.53 Å². The third kappa shape index (κ3) is 4.08. The van der Waals surface area contributed by atoms with Crippen LogP contribution in [-0.4, -0.2) is 19.1 Å². The molecule has 4 heteroatoms. The number of ether oxygens (including phenoxy) is 1. The molecule has 1 aromatic rings. The first kappa shape index (κ1) is 15.2. The van der Waals surface area contributed by atoms with Gasteiger partial charge in [-0.25, -0.2) is 0 Å². The Balaban J connectivity index is 2.84. The van der Waals surface area contributed by atoms with Gasteiger partial charge in [-0.2, -0.15) is 5.26 Å². The average molecular weight is 260 g/mol. The highest BCUT2D eigenvalue weighted by Crippen LogP contribution is 2.17. The van der Waals surface area contributed by atoms with Crippen LogP contribution in [0.25, 0.3) is 0 Å². The lowest BCUT2D eigenvalue weighted by Gasteiger charge is -2.24. The molecule has 0 aromatic heterocycles. The number of carbonyl (C=O) groups is 1. The van der Waals surface area contributed by atoms with Gasteiger partial charge >= 0.3 is 5.97 Å². The largest absolute Gasteiger partial charge is 0.468 e. The summed E-state index contributed by atoms with van der Waals surface area (Å²) in [5.74, 6) is -0.132. The zero-order valence-corrected chi connectivity index (χ0v) is 11.8. The summed E-state index contributed by atoms with van der Waals surface area (Å²) < 4.78 is 4.80. The number of nitriles is 1. The van der Waals surface area contributed by atoms with Gasteiger partial charge in [-0.15, -0.1) is 0 Å². The van der Waals surface area contributed by atoms with Gasteiger partial charge in [-0.05, 0) is 30.5 Å². The van der Waals surface area contributed by atoms with Crippen LogP contribution >= 0.6 is 0 Å². The van der Waals surface area contributed by atoms with Crippen molar-refractivity contribution < 1.29 is 9.53 Å². The van der Waals surface area contributed by atoms with Crippen molar-refractivity contribution in [3.05, 3.63) is 35.4 Å². The lowest BCUT2D eigenvalue weighted by atomic mass is 10.0. The molecule has 2 unspecified atom stereocenters. The van der Waals surface area contributed by atoms with Crippen LogP contribution in [0.3, 0.4) is 0 Å². The van der Waals surface area contributed by atoms with Gasteiger partial charge in [0.05, 0.1) is 18.7 Å². The molecule has 2 atom stereocenters. The van der Waals surface area contributed by atoms with E-state index < -0.39 is 0 Å². The number of nitrogens with zero attached hydrogens (tertiary/aromatic N) is 1. The number of hydrogen-bond acceptors (Lipinski definition) is 4. The quantitative estimate of drug-likeness (QED) is 0.826. The first-order valence-corrected chi connectivity index (χ1v) is 6.33. The van der Waals surface area contributed by atoms with Crippen molar-refractivity contribution >= 4 is 5.97 Å². The molecular weight excluding hydrogens is 240 g/mol. The smallest absolute Gasteiger partial charge is 0.323 e. The molecule has 1 aromatic carbocycles. The molecule has 0 aliphatic carbocycles. The van der Waals surface area contributed by atoms with E-state index >= 15 is 0 Å². The Kier molecular flexibility index (Phi) is 5.53. The normalized spacial score (nSPS) is 13.7. The van der Waals surface area contributed by atoms with Crippen molar-refractivity contribution in [2.24, 2.45) is 5.92 Å². The second-order valence-corrected chi connectivity index (χ2v) is 4.87. The Morgan fingerprint density at radius 3 is 2.58 bits per heavy atom. The highest BCUT2D eigenvalue weighted by Gasteiger charge is 2.24. The Hall–Kier alpha value is -1.86. The Bertz CT molecular complexity index is 477. The number of rotatable bonds is 5. The predicted molar refractivity (Wildman–Crippen MR) is 73.3 cm³/mol. The highest BCUT2D eigenvalue weighted by molar-refractivity contribution is 5.76. The minimum atomic E-state index is -0.356. The molecule has 0 aliphatic rings. The second-order valence-electron chi connectivity index (χ2n) is 4.87. The average Bonchev–Trinajstić information content (AvgIpc) is 2.43. The number of hydrogen-bond donors (Lipinski definition) is 1. The molecular formula is C15H20N2O2. The van der Waals surface area contributed by atoms with Crippen LogP contribution in [0.2, 0.25) is 0 Å². The number of methoxy groups -OCH3 is 1. The zero-order chi connectivity index (χ0) is 14.4. The fourth-order valence-corrected chi connectivity index (χ4v) is 1.90. The molecule has 4 nitrogen and oxygen atoms in total. The van der Waals surface area contributed by atoms with Gasteiger partial charge in [0, 0.05) is 6.04 Å². The number of benzene rings is 1. The van der Waals surface area contributed by atoms with E-state index in [1.54, 1.807) is 6.07 Å². The lowest BCUT2D eigenvalue weighted by molar-refractivity contribution is -0.144. The minimum Gasteiger partial charge on any atom is -0.468 e. The Morgan fingerprint density at radius 2 is 2.05 bits per heavy atom. The van der Waals surface area contributed by atoms with Crippen molar-refractivity contribution in [1.29, 1.82) is 5.26 Å². The maximum absolute atomic E-state index is 11.7. The molecule has 0 saturated carbocycles. The lowest BCUT2D eigenvalue weighted by Crippen LogP contribution is -2.42. The summed E-state index contributed by atoms with van der Waals surface area (Å²) in [6.07, 6.45) is 0. The van der Waals surface area contributed by atoms with E-state index in [0.717, 1.165) is 5.56 Å². The molecule has 0 saturated heterocycles. The van der Waals surface area contributed by atoms with Gasteiger partial charge in [0.2, 0.25) is 0 Å². The van der Waals surface area contributed by atoms with E-state index in [0.29, 0.717) is 5.56 Å². The van der Waals surface area contributed by atoms with Crippen LogP contribution in [0.15, 0.2) is 24.3 Å². The monoisotopic (exact) mass is 260 g/mol. The molecule has 1 rings (SSSR count). The van der Waals surface area contributed by atoms with Crippen LogP contribution in [0.5, 0.6) is 0 Å². The summed E-state index contributed by atoms with van der Waals surface area (Å²) >= 11 is 0. The SMILES string of the molecule is COC(=O)C(NC(C)c1cccc(C#N)c1)C(C)C.